The summed E-state index contributed by atoms with van der Waals surface area (Å²) in [6, 6.07) is 7.34. The van der Waals surface area contributed by atoms with Crippen LogP contribution in [0.15, 0.2) is 24.3 Å². The molecule has 0 spiro atoms. The molecule has 0 atom stereocenters. The average molecular weight is 310 g/mol. The molecule has 0 aliphatic heterocycles. The molecular weight excluding hydrogens is 284 g/mol. The quantitative estimate of drug-likeness (QED) is 0.466. The molecule has 0 bridgehead atoms. The van der Waals surface area contributed by atoms with E-state index in [0.717, 1.165) is 30.7 Å². The molecule has 0 N–H and O–H groups in total. The van der Waals surface area contributed by atoms with Crippen molar-refractivity contribution in [3.8, 4) is 0 Å². The molecule has 0 aliphatic carbocycles. The van der Waals surface area contributed by atoms with Gasteiger partial charge in [-0.05, 0) is 19.3 Å². The van der Waals surface area contributed by atoms with Gasteiger partial charge in [-0.2, -0.15) is 0 Å². The van der Waals surface area contributed by atoms with Crippen molar-refractivity contribution in [3.63, 3.8) is 0 Å². The molecule has 1 aromatic carbocycles. The lowest BCUT2D eigenvalue weighted by molar-refractivity contribution is 0.0731. The van der Waals surface area contributed by atoms with Crippen LogP contribution < -0.4 is 5.19 Å². The van der Waals surface area contributed by atoms with E-state index in [4.69, 9.17) is 13.3 Å². The van der Waals surface area contributed by atoms with Crippen LogP contribution in [0.1, 0.15) is 50.4 Å². The van der Waals surface area contributed by atoms with Gasteiger partial charge in [-0.25, -0.2) is 0 Å². The van der Waals surface area contributed by atoms with Crippen molar-refractivity contribution in [2.75, 3.05) is 19.8 Å². The highest BCUT2D eigenvalue weighted by atomic mass is 28.4. The Morgan fingerprint density at radius 2 is 1.29 bits per heavy atom. The highest BCUT2D eigenvalue weighted by Crippen LogP contribution is 2.13. The second-order valence-electron chi connectivity index (χ2n) is 4.84. The van der Waals surface area contributed by atoms with E-state index in [1.54, 1.807) is 12.1 Å². The van der Waals surface area contributed by atoms with Crippen LogP contribution in [0.3, 0.4) is 0 Å². The van der Waals surface area contributed by atoms with Crippen molar-refractivity contribution in [1.82, 2.24) is 0 Å². The largest absolute Gasteiger partial charge is 0.537 e. The molecule has 0 unspecified atom stereocenters. The molecule has 0 aliphatic rings. The smallest absolute Gasteiger partial charge is 0.370 e. The van der Waals surface area contributed by atoms with Gasteiger partial charge in [0.15, 0.2) is 0 Å². The second kappa shape index (κ2) is 9.84. The van der Waals surface area contributed by atoms with E-state index in [1.165, 1.54) is 0 Å². The number of aldehydes is 1. The Labute approximate surface area is 128 Å². The summed E-state index contributed by atoms with van der Waals surface area (Å²) in [6.07, 6.45) is 3.56. The zero-order valence-corrected chi connectivity index (χ0v) is 14.3. The van der Waals surface area contributed by atoms with Gasteiger partial charge >= 0.3 is 8.80 Å². The van der Waals surface area contributed by atoms with Crippen LogP contribution in [-0.2, 0) is 13.3 Å². The summed E-state index contributed by atoms with van der Waals surface area (Å²) in [7, 11) is -2.89. The minimum absolute atomic E-state index is 0.606. The minimum Gasteiger partial charge on any atom is -0.370 e. The van der Waals surface area contributed by atoms with Gasteiger partial charge in [0.2, 0.25) is 0 Å². The van der Waals surface area contributed by atoms with E-state index < -0.39 is 8.80 Å². The number of benzene rings is 1. The topological polar surface area (TPSA) is 44.8 Å². The zero-order chi connectivity index (χ0) is 15.6. The summed E-state index contributed by atoms with van der Waals surface area (Å²) >= 11 is 0. The molecule has 21 heavy (non-hydrogen) atoms. The Kier molecular flexibility index (Phi) is 8.45. The Morgan fingerprint density at radius 1 is 0.857 bits per heavy atom. The van der Waals surface area contributed by atoms with E-state index >= 15 is 0 Å². The summed E-state index contributed by atoms with van der Waals surface area (Å²) in [4.78, 5) is 10.8. The molecule has 1 aromatic rings. The molecule has 0 aromatic heterocycles. The van der Waals surface area contributed by atoms with Crippen LogP contribution in [-0.4, -0.2) is 34.9 Å². The minimum atomic E-state index is -2.89. The van der Waals surface area contributed by atoms with Gasteiger partial charge in [-0.15, -0.1) is 0 Å². The van der Waals surface area contributed by atoms with Crippen molar-refractivity contribution in [2.24, 2.45) is 0 Å². The molecule has 0 radical (unpaired) electrons. The van der Waals surface area contributed by atoms with Gasteiger partial charge in [-0.3, -0.25) is 4.79 Å². The Morgan fingerprint density at radius 3 is 1.62 bits per heavy atom. The monoisotopic (exact) mass is 310 g/mol. The lowest BCUT2D eigenvalue weighted by Gasteiger charge is -2.29. The molecular formula is C16H26O4Si. The van der Waals surface area contributed by atoms with E-state index in [9.17, 15) is 4.79 Å². The van der Waals surface area contributed by atoms with Gasteiger partial charge in [0.05, 0.1) is 0 Å². The fourth-order valence-corrected chi connectivity index (χ4v) is 4.59. The van der Waals surface area contributed by atoms with Crippen LogP contribution >= 0.6 is 0 Å². The van der Waals surface area contributed by atoms with Crippen LogP contribution in [0.2, 0.25) is 0 Å². The molecule has 1 rings (SSSR count). The van der Waals surface area contributed by atoms with Crippen molar-refractivity contribution in [3.05, 3.63) is 29.8 Å². The first-order chi connectivity index (χ1) is 10.2. The summed E-state index contributed by atoms with van der Waals surface area (Å²) in [5, 5.41) is 0.920. The first-order valence-electron chi connectivity index (χ1n) is 7.70. The van der Waals surface area contributed by atoms with Crippen LogP contribution in [0.4, 0.5) is 0 Å². The molecule has 0 saturated heterocycles. The summed E-state index contributed by atoms with van der Waals surface area (Å²) in [5.41, 5.74) is 0.642. The molecule has 0 heterocycles. The summed E-state index contributed by atoms with van der Waals surface area (Å²) in [6.45, 7) is 8.01. The third-order valence-electron chi connectivity index (χ3n) is 2.89. The van der Waals surface area contributed by atoms with Crippen molar-refractivity contribution < 1.29 is 18.1 Å². The molecule has 0 amide bonds. The lowest BCUT2D eigenvalue weighted by atomic mass is 10.2. The van der Waals surface area contributed by atoms with Crippen molar-refractivity contribution in [1.29, 1.82) is 0 Å². The average Bonchev–Trinajstić information content (AvgIpc) is 2.55. The molecule has 5 heteroatoms. The fraction of sp³-hybridized carbons (Fsp3) is 0.562. The maximum absolute atomic E-state index is 10.8. The predicted molar refractivity (Wildman–Crippen MR) is 85.9 cm³/mol. The van der Waals surface area contributed by atoms with Crippen LogP contribution in [0, 0.1) is 0 Å². The maximum atomic E-state index is 10.8. The van der Waals surface area contributed by atoms with Crippen LogP contribution in [0.5, 0.6) is 0 Å². The molecule has 0 saturated carbocycles. The zero-order valence-electron chi connectivity index (χ0n) is 13.3. The van der Waals surface area contributed by atoms with E-state index in [2.05, 4.69) is 20.8 Å². The normalized spacial score (nSPS) is 11.6. The summed E-state index contributed by atoms with van der Waals surface area (Å²) < 4.78 is 18.1. The molecule has 4 nitrogen and oxygen atoms in total. The second-order valence-corrected chi connectivity index (χ2v) is 7.40. The highest BCUT2D eigenvalue weighted by molar-refractivity contribution is 6.75. The molecule has 0 fully saturated rings. The number of carbonyl (C=O) groups excluding carboxylic acids is 1. The predicted octanol–water partition coefficient (Wildman–Crippen LogP) is 2.92. The van der Waals surface area contributed by atoms with E-state index in [0.29, 0.717) is 25.4 Å². The number of rotatable bonds is 11. The molecule has 118 valence electrons. The van der Waals surface area contributed by atoms with Crippen LogP contribution in [0.25, 0.3) is 0 Å². The van der Waals surface area contributed by atoms with Gasteiger partial charge in [0.25, 0.3) is 0 Å². The maximum Gasteiger partial charge on any atom is 0.537 e. The standard InChI is InChI=1S/C16H26O4Si/c1-4-11-18-21(19-12-5-2,20-13-6-3)16-9-7-15(14-17)8-10-16/h7-10,14H,4-6,11-13H2,1-3H3. The third kappa shape index (κ3) is 5.35. The van der Waals surface area contributed by atoms with Crippen molar-refractivity contribution in [2.45, 2.75) is 40.0 Å². The fourth-order valence-electron chi connectivity index (χ4n) is 1.85. The Bertz CT molecular complexity index is 383. The Hall–Kier alpha value is -1.01. The SMILES string of the molecule is CCCO[Si](OCCC)(OCCC)c1ccc(C=O)cc1. The first-order valence-corrected chi connectivity index (χ1v) is 9.42. The van der Waals surface area contributed by atoms with Gasteiger partial charge in [0, 0.05) is 30.6 Å². The third-order valence-corrected chi connectivity index (χ3v) is 5.68. The van der Waals surface area contributed by atoms with E-state index in [-0.39, 0.29) is 0 Å². The van der Waals surface area contributed by atoms with Gasteiger partial charge in [-0.1, -0.05) is 45.0 Å². The number of hydrogen-bond donors (Lipinski definition) is 0. The van der Waals surface area contributed by atoms with Gasteiger partial charge < -0.3 is 13.3 Å². The summed E-state index contributed by atoms with van der Waals surface area (Å²) in [5.74, 6) is 0. The van der Waals surface area contributed by atoms with E-state index in [1.807, 2.05) is 12.1 Å². The number of carbonyl (C=O) groups is 1. The lowest BCUT2D eigenvalue weighted by Crippen LogP contribution is -2.57. The Balaban J connectivity index is 3.05. The first kappa shape index (κ1) is 18.0. The van der Waals surface area contributed by atoms with Gasteiger partial charge in [0.1, 0.15) is 6.29 Å². The number of hydrogen-bond acceptors (Lipinski definition) is 4. The highest BCUT2D eigenvalue weighted by Gasteiger charge is 2.43. The van der Waals surface area contributed by atoms with Crippen molar-refractivity contribution >= 4 is 20.3 Å².